The van der Waals surface area contributed by atoms with Crippen molar-refractivity contribution in [3.63, 3.8) is 0 Å². The van der Waals surface area contributed by atoms with Crippen LogP contribution in [0.3, 0.4) is 0 Å². The number of alkyl halides is 3. The Morgan fingerprint density at radius 3 is 2.50 bits per heavy atom. The SMILES string of the molecule is O=Cc1cccc(F)c1OCc1cccc(OC(F)(F)F)c1. The number of hydrogen-bond acceptors (Lipinski definition) is 3. The molecular formula is C15H10F4O3. The second kappa shape index (κ2) is 6.46. The molecule has 0 amide bonds. The maximum atomic E-state index is 13.6. The third-order valence-corrected chi connectivity index (χ3v) is 2.64. The zero-order chi connectivity index (χ0) is 16.2. The first-order valence-electron chi connectivity index (χ1n) is 6.10. The number of carbonyl (C=O) groups is 1. The van der Waals surface area contributed by atoms with Gasteiger partial charge < -0.3 is 9.47 Å². The maximum Gasteiger partial charge on any atom is 0.573 e. The third-order valence-electron chi connectivity index (χ3n) is 2.64. The van der Waals surface area contributed by atoms with Gasteiger partial charge in [-0.25, -0.2) is 4.39 Å². The van der Waals surface area contributed by atoms with Gasteiger partial charge in [-0.15, -0.1) is 13.2 Å². The lowest BCUT2D eigenvalue weighted by atomic mass is 10.2. The zero-order valence-corrected chi connectivity index (χ0v) is 11.1. The summed E-state index contributed by atoms with van der Waals surface area (Å²) in [6, 6.07) is 8.93. The number of carbonyl (C=O) groups excluding carboxylic acids is 1. The summed E-state index contributed by atoms with van der Waals surface area (Å²) < 4.78 is 58.9. The number of aldehydes is 1. The molecule has 0 saturated carbocycles. The Morgan fingerprint density at radius 1 is 1.09 bits per heavy atom. The van der Waals surface area contributed by atoms with Crippen LogP contribution in [-0.4, -0.2) is 12.6 Å². The number of ether oxygens (including phenoxy) is 2. The van der Waals surface area contributed by atoms with E-state index in [0.717, 1.165) is 18.2 Å². The number of rotatable bonds is 5. The Balaban J connectivity index is 2.12. The quantitative estimate of drug-likeness (QED) is 0.615. The summed E-state index contributed by atoms with van der Waals surface area (Å²) in [5.74, 6) is -1.38. The van der Waals surface area contributed by atoms with E-state index in [1.54, 1.807) is 0 Å². The molecule has 0 aliphatic heterocycles. The Kier molecular flexibility index (Phi) is 4.65. The average Bonchev–Trinajstić information content (AvgIpc) is 2.44. The Labute approximate surface area is 123 Å². The Hall–Kier alpha value is -2.57. The molecule has 2 rings (SSSR count). The predicted octanol–water partition coefficient (Wildman–Crippen LogP) is 4.12. The first-order valence-corrected chi connectivity index (χ1v) is 6.10. The lowest BCUT2D eigenvalue weighted by molar-refractivity contribution is -0.274. The van der Waals surface area contributed by atoms with Crippen LogP contribution in [0.15, 0.2) is 42.5 Å². The average molecular weight is 314 g/mol. The van der Waals surface area contributed by atoms with Gasteiger partial charge in [0.25, 0.3) is 0 Å². The fraction of sp³-hybridized carbons (Fsp3) is 0.133. The van der Waals surface area contributed by atoms with E-state index in [0.29, 0.717) is 11.8 Å². The minimum Gasteiger partial charge on any atom is -0.485 e. The largest absolute Gasteiger partial charge is 0.573 e. The highest BCUT2D eigenvalue weighted by Crippen LogP contribution is 2.25. The smallest absolute Gasteiger partial charge is 0.485 e. The monoisotopic (exact) mass is 314 g/mol. The summed E-state index contributed by atoms with van der Waals surface area (Å²) in [6.45, 7) is -0.211. The zero-order valence-electron chi connectivity index (χ0n) is 11.1. The first-order chi connectivity index (χ1) is 10.4. The molecule has 2 aromatic carbocycles. The van der Waals surface area contributed by atoms with Crippen molar-refractivity contribution in [2.75, 3.05) is 0 Å². The first kappa shape index (κ1) is 15.8. The molecule has 0 N–H and O–H groups in total. The number of hydrogen-bond donors (Lipinski definition) is 0. The molecule has 7 heteroatoms. The van der Waals surface area contributed by atoms with Crippen LogP contribution in [0.2, 0.25) is 0 Å². The molecule has 0 aliphatic carbocycles. The summed E-state index contributed by atoms with van der Waals surface area (Å²) in [6.07, 6.45) is -4.36. The summed E-state index contributed by atoms with van der Waals surface area (Å²) >= 11 is 0. The summed E-state index contributed by atoms with van der Waals surface area (Å²) in [4.78, 5) is 10.8. The van der Waals surface area contributed by atoms with Crippen LogP contribution in [-0.2, 0) is 6.61 Å². The number of benzene rings is 2. The lowest BCUT2D eigenvalue weighted by Crippen LogP contribution is -2.17. The van der Waals surface area contributed by atoms with Crippen LogP contribution in [0.1, 0.15) is 15.9 Å². The molecule has 116 valence electrons. The van der Waals surface area contributed by atoms with Crippen LogP contribution in [0.25, 0.3) is 0 Å². The fourth-order valence-corrected chi connectivity index (χ4v) is 1.76. The van der Waals surface area contributed by atoms with Crippen LogP contribution in [0, 0.1) is 5.82 Å². The maximum absolute atomic E-state index is 13.6. The van der Waals surface area contributed by atoms with E-state index in [1.807, 2.05) is 0 Å². The van der Waals surface area contributed by atoms with Gasteiger partial charge in [0.2, 0.25) is 0 Å². The second-order valence-electron chi connectivity index (χ2n) is 4.26. The fourth-order valence-electron chi connectivity index (χ4n) is 1.76. The van der Waals surface area contributed by atoms with Gasteiger partial charge in [-0.2, -0.15) is 0 Å². The molecule has 0 heterocycles. The molecule has 0 saturated heterocycles. The molecule has 0 fully saturated rings. The van der Waals surface area contributed by atoms with Crippen LogP contribution < -0.4 is 9.47 Å². The highest BCUT2D eigenvalue weighted by atomic mass is 19.4. The minimum absolute atomic E-state index is 0.0164. The normalized spacial score (nSPS) is 11.1. The van der Waals surface area contributed by atoms with Crippen molar-refractivity contribution in [2.45, 2.75) is 13.0 Å². The molecular weight excluding hydrogens is 304 g/mol. The molecule has 0 aromatic heterocycles. The molecule has 0 bridgehead atoms. The van der Waals surface area contributed by atoms with E-state index in [9.17, 15) is 22.4 Å². The third kappa shape index (κ3) is 4.21. The van der Waals surface area contributed by atoms with Gasteiger partial charge in [-0.3, -0.25) is 4.79 Å². The molecule has 0 unspecified atom stereocenters. The standard InChI is InChI=1S/C15H10F4O3/c16-13-6-2-4-11(8-20)14(13)21-9-10-3-1-5-12(7-10)22-15(17,18)19/h1-8H,9H2. The van der Waals surface area contributed by atoms with Crippen molar-refractivity contribution in [1.82, 2.24) is 0 Å². The Bertz CT molecular complexity index is 668. The molecule has 0 radical (unpaired) electrons. The van der Waals surface area contributed by atoms with Crippen LogP contribution >= 0.6 is 0 Å². The van der Waals surface area contributed by atoms with Crippen LogP contribution in [0.4, 0.5) is 17.6 Å². The van der Waals surface area contributed by atoms with Gasteiger partial charge >= 0.3 is 6.36 Å². The molecule has 2 aromatic rings. The van der Waals surface area contributed by atoms with Crippen molar-refractivity contribution in [1.29, 1.82) is 0 Å². The molecule has 3 nitrogen and oxygen atoms in total. The Morgan fingerprint density at radius 2 is 1.82 bits per heavy atom. The number of para-hydroxylation sites is 1. The molecule has 0 spiro atoms. The molecule has 0 aliphatic rings. The van der Waals surface area contributed by atoms with Gasteiger partial charge in [0.15, 0.2) is 17.9 Å². The van der Waals surface area contributed by atoms with E-state index in [2.05, 4.69) is 4.74 Å². The summed E-state index contributed by atoms with van der Waals surface area (Å²) in [7, 11) is 0. The van der Waals surface area contributed by atoms with Crippen LogP contribution in [0.5, 0.6) is 11.5 Å². The van der Waals surface area contributed by atoms with E-state index >= 15 is 0 Å². The lowest BCUT2D eigenvalue weighted by Gasteiger charge is -2.12. The van der Waals surface area contributed by atoms with Crippen molar-refractivity contribution in [3.05, 3.63) is 59.4 Å². The van der Waals surface area contributed by atoms with Crippen molar-refractivity contribution >= 4 is 6.29 Å². The van der Waals surface area contributed by atoms with Gasteiger partial charge in [0.05, 0.1) is 5.56 Å². The van der Waals surface area contributed by atoms with Crippen molar-refractivity contribution in [2.24, 2.45) is 0 Å². The van der Waals surface area contributed by atoms with E-state index in [-0.39, 0.29) is 17.9 Å². The highest BCUT2D eigenvalue weighted by molar-refractivity contribution is 5.79. The van der Waals surface area contributed by atoms with Gasteiger partial charge in [-0.1, -0.05) is 18.2 Å². The highest BCUT2D eigenvalue weighted by Gasteiger charge is 2.31. The topological polar surface area (TPSA) is 35.5 Å². The van der Waals surface area contributed by atoms with E-state index in [1.165, 1.54) is 24.3 Å². The summed E-state index contributed by atoms with van der Waals surface area (Å²) in [5.41, 5.74) is 0.351. The van der Waals surface area contributed by atoms with E-state index in [4.69, 9.17) is 4.74 Å². The predicted molar refractivity (Wildman–Crippen MR) is 69.2 cm³/mol. The van der Waals surface area contributed by atoms with Gasteiger partial charge in [0.1, 0.15) is 12.4 Å². The van der Waals surface area contributed by atoms with Crippen molar-refractivity contribution in [3.8, 4) is 11.5 Å². The van der Waals surface area contributed by atoms with E-state index < -0.39 is 17.9 Å². The number of halogens is 4. The van der Waals surface area contributed by atoms with Gasteiger partial charge in [-0.05, 0) is 29.8 Å². The second-order valence-corrected chi connectivity index (χ2v) is 4.26. The molecule has 22 heavy (non-hydrogen) atoms. The minimum atomic E-state index is -4.80. The van der Waals surface area contributed by atoms with Gasteiger partial charge in [0, 0.05) is 0 Å². The van der Waals surface area contributed by atoms with Crippen molar-refractivity contribution < 1.29 is 31.8 Å². The molecule has 0 atom stereocenters. The summed E-state index contributed by atoms with van der Waals surface area (Å²) in [5, 5.41) is 0.